The Morgan fingerprint density at radius 2 is 1.94 bits per heavy atom. The van der Waals surface area contributed by atoms with Crippen molar-refractivity contribution in [3.63, 3.8) is 0 Å². The second-order valence-corrected chi connectivity index (χ2v) is 8.73. The van der Waals surface area contributed by atoms with Gasteiger partial charge in [0.25, 0.3) is 0 Å². The molecule has 6 nitrogen and oxygen atoms in total. The predicted octanol–water partition coefficient (Wildman–Crippen LogP) is 4.90. The fourth-order valence-corrected chi connectivity index (χ4v) is 4.82. The second kappa shape index (κ2) is 8.55. The fraction of sp³-hybridized carbons (Fsp3) is 0.435. The van der Waals surface area contributed by atoms with Crippen LogP contribution in [0.25, 0.3) is 5.69 Å². The summed E-state index contributed by atoms with van der Waals surface area (Å²) in [5.74, 6) is 2.44. The average Bonchev–Trinajstić information content (AvgIpc) is 3.11. The summed E-state index contributed by atoms with van der Waals surface area (Å²) in [6, 6.07) is 9.04. The highest BCUT2D eigenvalue weighted by atomic mass is 35.5. The molecule has 8 heteroatoms. The lowest BCUT2D eigenvalue weighted by atomic mass is 9.86. The molecular weight excluding hydrogens is 417 g/mol. The maximum Gasteiger partial charge on any atom is 0.213 e. The van der Waals surface area contributed by atoms with E-state index in [1.54, 1.807) is 6.07 Å². The molecule has 162 valence electrons. The highest BCUT2D eigenvalue weighted by molar-refractivity contribution is 6.30. The number of fused-ring (bicyclic) bond motifs is 3. The van der Waals surface area contributed by atoms with Gasteiger partial charge < -0.3 is 4.74 Å². The molecule has 1 aliphatic heterocycles. The molecule has 0 radical (unpaired) electrons. The zero-order valence-electron chi connectivity index (χ0n) is 17.5. The molecule has 1 aromatic carbocycles. The Morgan fingerprint density at radius 3 is 2.68 bits per heavy atom. The third-order valence-electron chi connectivity index (χ3n) is 6.27. The molecule has 1 aliphatic carbocycles. The summed E-state index contributed by atoms with van der Waals surface area (Å²) in [5.41, 5.74) is 2.33. The maximum atomic E-state index is 13.1. The van der Waals surface area contributed by atoms with E-state index < -0.39 is 0 Å². The topological polar surface area (TPSA) is 56.1 Å². The van der Waals surface area contributed by atoms with Crippen molar-refractivity contribution in [3.8, 4) is 11.6 Å². The molecule has 0 spiro atoms. The van der Waals surface area contributed by atoms with Gasteiger partial charge in [0, 0.05) is 23.6 Å². The van der Waals surface area contributed by atoms with E-state index in [1.165, 1.54) is 17.8 Å². The van der Waals surface area contributed by atoms with Gasteiger partial charge in [-0.3, -0.25) is 9.47 Å². The Labute approximate surface area is 186 Å². The van der Waals surface area contributed by atoms with Crippen LogP contribution >= 0.6 is 11.6 Å². The van der Waals surface area contributed by atoms with Crippen molar-refractivity contribution in [3.05, 3.63) is 64.6 Å². The summed E-state index contributed by atoms with van der Waals surface area (Å²) < 4.78 is 21.3. The lowest BCUT2D eigenvalue weighted by molar-refractivity contribution is 0.138. The van der Waals surface area contributed by atoms with Crippen LogP contribution < -0.4 is 4.74 Å². The normalized spacial score (nSPS) is 21.3. The van der Waals surface area contributed by atoms with Crippen LogP contribution in [-0.2, 0) is 13.1 Å². The van der Waals surface area contributed by atoms with E-state index >= 15 is 0 Å². The van der Waals surface area contributed by atoms with Gasteiger partial charge in [-0.1, -0.05) is 18.5 Å². The quantitative estimate of drug-likeness (QED) is 0.576. The first-order valence-electron chi connectivity index (χ1n) is 10.8. The number of aromatic nitrogens is 4. The third-order valence-corrected chi connectivity index (χ3v) is 6.51. The lowest BCUT2D eigenvalue weighted by Crippen LogP contribution is -2.25. The molecule has 3 aromatic rings. The standard InChI is InChI=1S/C23H25ClFN5O/c1-2-29-13-16-11-17(24)5-9-20(16)30-21(14-29)27-28-23(30)15-3-7-19(8-4-15)31-22-10-6-18(25)12-26-22/h5-6,9-12,15,19H,2-4,7-8,13-14H2,1H3/t15-,19-. The summed E-state index contributed by atoms with van der Waals surface area (Å²) in [6.07, 6.45) is 5.01. The number of pyridine rings is 1. The third kappa shape index (κ3) is 4.16. The van der Waals surface area contributed by atoms with Gasteiger partial charge in [0.15, 0.2) is 5.82 Å². The van der Waals surface area contributed by atoms with Crippen molar-refractivity contribution >= 4 is 11.6 Å². The van der Waals surface area contributed by atoms with Gasteiger partial charge in [-0.05, 0) is 62.1 Å². The molecule has 2 aliphatic rings. The minimum Gasteiger partial charge on any atom is -0.474 e. The molecule has 5 rings (SSSR count). The Bertz CT molecular complexity index is 1060. The molecule has 1 fully saturated rings. The van der Waals surface area contributed by atoms with Crippen molar-refractivity contribution in [1.82, 2.24) is 24.6 Å². The van der Waals surface area contributed by atoms with Crippen LogP contribution in [0.4, 0.5) is 4.39 Å². The second-order valence-electron chi connectivity index (χ2n) is 8.29. The van der Waals surface area contributed by atoms with Crippen molar-refractivity contribution in [2.75, 3.05) is 6.54 Å². The van der Waals surface area contributed by atoms with Gasteiger partial charge in [-0.15, -0.1) is 10.2 Å². The number of nitrogens with zero attached hydrogens (tertiary/aromatic N) is 5. The van der Waals surface area contributed by atoms with Crippen molar-refractivity contribution in [2.45, 2.75) is 57.7 Å². The minimum absolute atomic E-state index is 0.0856. The molecule has 3 heterocycles. The Hall–Kier alpha value is -2.51. The van der Waals surface area contributed by atoms with Gasteiger partial charge in [0.2, 0.25) is 5.88 Å². The van der Waals surface area contributed by atoms with Gasteiger partial charge in [-0.2, -0.15) is 0 Å². The van der Waals surface area contributed by atoms with E-state index in [2.05, 4.69) is 43.7 Å². The van der Waals surface area contributed by atoms with Crippen molar-refractivity contribution < 1.29 is 9.13 Å². The highest BCUT2D eigenvalue weighted by Gasteiger charge is 2.31. The number of halogens is 2. The molecule has 0 N–H and O–H groups in total. The van der Waals surface area contributed by atoms with E-state index in [1.807, 2.05) is 6.07 Å². The summed E-state index contributed by atoms with van der Waals surface area (Å²) in [7, 11) is 0. The van der Waals surface area contributed by atoms with Crippen LogP contribution in [0.5, 0.6) is 5.88 Å². The number of rotatable bonds is 4. The number of hydrogen-bond acceptors (Lipinski definition) is 5. The van der Waals surface area contributed by atoms with Crippen molar-refractivity contribution in [1.29, 1.82) is 0 Å². The molecular formula is C23H25ClFN5O. The molecule has 2 aromatic heterocycles. The summed E-state index contributed by atoms with van der Waals surface area (Å²) in [6.45, 7) is 4.72. The van der Waals surface area contributed by atoms with Crippen molar-refractivity contribution in [2.24, 2.45) is 0 Å². The van der Waals surface area contributed by atoms with E-state index in [0.29, 0.717) is 11.8 Å². The first kappa shape index (κ1) is 20.4. The van der Waals surface area contributed by atoms with Crippen LogP contribution in [0, 0.1) is 5.82 Å². The number of hydrogen-bond donors (Lipinski definition) is 0. The van der Waals surface area contributed by atoms with E-state index in [4.69, 9.17) is 16.3 Å². The number of ether oxygens (including phenoxy) is 1. The first-order valence-corrected chi connectivity index (χ1v) is 11.2. The monoisotopic (exact) mass is 441 g/mol. The average molecular weight is 442 g/mol. The van der Waals surface area contributed by atoms with Crippen LogP contribution in [0.15, 0.2) is 36.5 Å². The highest BCUT2D eigenvalue weighted by Crippen LogP contribution is 2.36. The van der Waals surface area contributed by atoms with Crippen LogP contribution in [-0.4, -0.2) is 37.3 Å². The van der Waals surface area contributed by atoms with Gasteiger partial charge in [0.1, 0.15) is 17.7 Å². The molecule has 0 atom stereocenters. The molecule has 0 saturated heterocycles. The van der Waals surface area contributed by atoms with Gasteiger partial charge in [-0.25, -0.2) is 9.37 Å². The smallest absolute Gasteiger partial charge is 0.213 e. The van der Waals surface area contributed by atoms with E-state index in [0.717, 1.165) is 67.7 Å². The minimum atomic E-state index is -0.355. The fourth-order valence-electron chi connectivity index (χ4n) is 4.62. The summed E-state index contributed by atoms with van der Waals surface area (Å²) in [4.78, 5) is 6.37. The molecule has 0 amide bonds. The lowest BCUT2D eigenvalue weighted by Gasteiger charge is -2.28. The zero-order valence-corrected chi connectivity index (χ0v) is 18.2. The maximum absolute atomic E-state index is 13.1. The predicted molar refractivity (Wildman–Crippen MR) is 116 cm³/mol. The van der Waals surface area contributed by atoms with Crippen LogP contribution in [0.1, 0.15) is 55.7 Å². The molecule has 31 heavy (non-hydrogen) atoms. The largest absolute Gasteiger partial charge is 0.474 e. The first-order chi connectivity index (χ1) is 15.1. The van der Waals surface area contributed by atoms with E-state index in [9.17, 15) is 4.39 Å². The van der Waals surface area contributed by atoms with Crippen LogP contribution in [0.2, 0.25) is 5.02 Å². The molecule has 0 bridgehead atoms. The Morgan fingerprint density at radius 1 is 1.10 bits per heavy atom. The SMILES string of the molecule is CCN1Cc2cc(Cl)ccc2-n2c(nnc2[C@H]2CC[C@H](Oc3ccc(F)cn3)CC2)C1. The zero-order chi connectivity index (χ0) is 21.4. The number of benzene rings is 1. The summed E-state index contributed by atoms with van der Waals surface area (Å²) >= 11 is 6.30. The van der Waals surface area contributed by atoms with Gasteiger partial charge >= 0.3 is 0 Å². The van der Waals surface area contributed by atoms with E-state index in [-0.39, 0.29) is 11.9 Å². The Kier molecular flexibility index (Phi) is 5.63. The Balaban J connectivity index is 1.37. The molecule has 0 unspecified atom stereocenters. The molecule has 1 saturated carbocycles. The summed E-state index contributed by atoms with van der Waals surface area (Å²) in [5, 5.41) is 9.95. The van der Waals surface area contributed by atoms with Gasteiger partial charge in [0.05, 0.1) is 18.4 Å². The van der Waals surface area contributed by atoms with Crippen LogP contribution in [0.3, 0.4) is 0 Å².